The van der Waals surface area contributed by atoms with Crippen LogP contribution in [0.1, 0.15) is 34.7 Å². The Morgan fingerprint density at radius 3 is 2.58 bits per heavy atom. The summed E-state index contributed by atoms with van der Waals surface area (Å²) in [7, 11) is 2.09. The first kappa shape index (κ1) is 15.4. The monoisotopic (exact) mass is 320 g/mol. The summed E-state index contributed by atoms with van der Waals surface area (Å²) in [4.78, 5) is 17.0. The lowest BCUT2D eigenvalue weighted by Crippen LogP contribution is -2.42. The van der Waals surface area contributed by atoms with E-state index in [-0.39, 0.29) is 5.91 Å². The fourth-order valence-corrected chi connectivity index (χ4v) is 4.12. The highest BCUT2D eigenvalue weighted by atomic mass is 16.2. The molecule has 0 saturated carbocycles. The first-order chi connectivity index (χ1) is 11.7. The molecule has 0 saturated heterocycles. The number of fused-ring (bicyclic) bond motifs is 2. The highest BCUT2D eigenvalue weighted by Crippen LogP contribution is 2.34. The zero-order chi connectivity index (χ0) is 16.5. The smallest absolute Gasteiger partial charge is 0.237 e. The zero-order valence-electron chi connectivity index (χ0n) is 14.2. The molecule has 0 fully saturated rings. The number of aryl methyl sites for hydroxylation is 1. The van der Waals surface area contributed by atoms with Gasteiger partial charge < -0.3 is 4.90 Å². The summed E-state index contributed by atoms with van der Waals surface area (Å²) in [6.45, 7) is 2.09. The second-order valence-electron chi connectivity index (χ2n) is 7.00. The Morgan fingerprint density at radius 1 is 1.04 bits per heavy atom. The highest BCUT2D eigenvalue weighted by molar-refractivity contribution is 5.78. The summed E-state index contributed by atoms with van der Waals surface area (Å²) in [5.41, 5.74) is 5.52. The van der Waals surface area contributed by atoms with E-state index in [1.54, 1.807) is 0 Å². The van der Waals surface area contributed by atoms with E-state index in [1.807, 2.05) is 4.90 Å². The quantitative estimate of drug-likeness (QED) is 0.867. The molecule has 0 spiro atoms. The Kier molecular flexibility index (Phi) is 4.11. The van der Waals surface area contributed by atoms with E-state index in [0.717, 1.165) is 32.4 Å². The van der Waals surface area contributed by atoms with Crippen LogP contribution in [0.3, 0.4) is 0 Å². The van der Waals surface area contributed by atoms with Crippen LogP contribution in [0.5, 0.6) is 0 Å². The fraction of sp³-hybridized carbons (Fsp3) is 0.381. The van der Waals surface area contributed by atoms with Crippen LogP contribution in [0.2, 0.25) is 0 Å². The minimum Gasteiger partial charge on any atom is -0.337 e. The van der Waals surface area contributed by atoms with E-state index < -0.39 is 0 Å². The molecule has 0 unspecified atom stereocenters. The molecule has 1 atom stereocenters. The third kappa shape index (κ3) is 2.84. The first-order valence-corrected chi connectivity index (χ1v) is 8.85. The summed E-state index contributed by atoms with van der Waals surface area (Å²) >= 11 is 0. The van der Waals surface area contributed by atoms with Gasteiger partial charge >= 0.3 is 0 Å². The molecule has 124 valence electrons. The molecule has 0 radical (unpaired) electrons. The summed E-state index contributed by atoms with van der Waals surface area (Å²) in [5.74, 6) is 0.247. The van der Waals surface area contributed by atoms with E-state index in [4.69, 9.17) is 0 Å². The third-order valence-corrected chi connectivity index (χ3v) is 5.50. The number of amides is 1. The van der Waals surface area contributed by atoms with Crippen molar-refractivity contribution in [3.05, 3.63) is 70.8 Å². The van der Waals surface area contributed by atoms with Crippen LogP contribution in [0.4, 0.5) is 0 Å². The van der Waals surface area contributed by atoms with Crippen LogP contribution in [-0.4, -0.2) is 35.8 Å². The summed E-state index contributed by atoms with van der Waals surface area (Å²) < 4.78 is 0. The molecule has 1 aliphatic carbocycles. The van der Waals surface area contributed by atoms with Crippen LogP contribution in [0, 0.1) is 0 Å². The maximum atomic E-state index is 12.8. The van der Waals surface area contributed by atoms with E-state index in [9.17, 15) is 4.79 Å². The molecule has 3 nitrogen and oxygen atoms in total. The molecule has 1 heterocycles. The molecule has 4 rings (SSSR count). The topological polar surface area (TPSA) is 23.6 Å². The average molecular weight is 320 g/mol. The van der Waals surface area contributed by atoms with Gasteiger partial charge in [0.2, 0.25) is 5.91 Å². The van der Waals surface area contributed by atoms with Crippen molar-refractivity contribution in [2.45, 2.75) is 31.8 Å². The van der Waals surface area contributed by atoms with E-state index in [2.05, 4.69) is 60.5 Å². The second kappa shape index (κ2) is 6.40. The SMILES string of the molecule is CN(CC(=O)N1CCc2ccccc2C1)[C@@H]1CCc2ccccc21. The Balaban J connectivity index is 1.42. The number of likely N-dealkylation sites (N-methyl/N-ethyl adjacent to an activating group) is 1. The summed E-state index contributed by atoms with van der Waals surface area (Å²) in [5, 5.41) is 0. The van der Waals surface area contributed by atoms with E-state index in [0.29, 0.717) is 12.6 Å². The molecular weight excluding hydrogens is 296 g/mol. The molecule has 2 aromatic rings. The van der Waals surface area contributed by atoms with E-state index >= 15 is 0 Å². The standard InChI is InChI=1S/C21H24N2O/c1-22(20-11-10-17-7-4-5-9-19(17)20)15-21(24)23-13-12-16-6-2-3-8-18(16)14-23/h2-9,20H,10-15H2,1H3/t20-/m1/s1. The number of carbonyl (C=O) groups is 1. The van der Waals surface area contributed by atoms with Gasteiger partial charge in [-0.15, -0.1) is 0 Å². The van der Waals surface area contributed by atoms with Gasteiger partial charge in [0, 0.05) is 19.1 Å². The molecule has 3 heteroatoms. The van der Waals surface area contributed by atoms with Crippen molar-refractivity contribution >= 4 is 5.91 Å². The number of nitrogens with zero attached hydrogens (tertiary/aromatic N) is 2. The predicted molar refractivity (Wildman–Crippen MR) is 95.7 cm³/mol. The maximum absolute atomic E-state index is 12.8. The highest BCUT2D eigenvalue weighted by Gasteiger charge is 2.28. The maximum Gasteiger partial charge on any atom is 0.237 e. The first-order valence-electron chi connectivity index (χ1n) is 8.85. The van der Waals surface area contributed by atoms with Gasteiger partial charge in [0.25, 0.3) is 0 Å². The van der Waals surface area contributed by atoms with Crippen molar-refractivity contribution in [2.24, 2.45) is 0 Å². The molecule has 0 aromatic heterocycles. The molecule has 24 heavy (non-hydrogen) atoms. The average Bonchev–Trinajstić information content (AvgIpc) is 3.05. The van der Waals surface area contributed by atoms with Gasteiger partial charge in [-0.2, -0.15) is 0 Å². The lowest BCUT2D eigenvalue weighted by Gasteiger charge is -2.32. The minimum absolute atomic E-state index is 0.247. The number of rotatable bonds is 3. The van der Waals surface area contributed by atoms with Gasteiger partial charge in [-0.3, -0.25) is 9.69 Å². The van der Waals surface area contributed by atoms with Gasteiger partial charge in [0.1, 0.15) is 0 Å². The second-order valence-corrected chi connectivity index (χ2v) is 7.00. The molecule has 0 bridgehead atoms. The molecule has 2 aliphatic rings. The lowest BCUT2D eigenvalue weighted by atomic mass is 10.00. The Morgan fingerprint density at radius 2 is 1.75 bits per heavy atom. The fourth-order valence-electron chi connectivity index (χ4n) is 4.12. The molecule has 1 aliphatic heterocycles. The van der Waals surface area contributed by atoms with Gasteiger partial charge in [0.15, 0.2) is 0 Å². The Labute approximate surface area is 143 Å². The van der Waals surface area contributed by atoms with Crippen molar-refractivity contribution in [3.63, 3.8) is 0 Å². The number of benzene rings is 2. The van der Waals surface area contributed by atoms with Crippen molar-refractivity contribution in [1.82, 2.24) is 9.80 Å². The normalized spacial score (nSPS) is 19.2. The molecule has 2 aromatic carbocycles. The minimum atomic E-state index is 0.247. The lowest BCUT2D eigenvalue weighted by molar-refractivity contribution is -0.133. The number of hydrogen-bond donors (Lipinski definition) is 0. The van der Waals surface area contributed by atoms with Crippen molar-refractivity contribution in [2.75, 3.05) is 20.1 Å². The predicted octanol–water partition coefficient (Wildman–Crippen LogP) is 3.19. The van der Waals surface area contributed by atoms with Crippen molar-refractivity contribution in [3.8, 4) is 0 Å². The largest absolute Gasteiger partial charge is 0.337 e. The van der Waals surface area contributed by atoms with Gasteiger partial charge in [0.05, 0.1) is 6.54 Å². The number of carbonyl (C=O) groups excluding carboxylic acids is 1. The van der Waals surface area contributed by atoms with Crippen molar-refractivity contribution < 1.29 is 4.79 Å². The molecular formula is C21H24N2O. The van der Waals surface area contributed by atoms with Crippen LogP contribution < -0.4 is 0 Å². The summed E-state index contributed by atoms with van der Waals surface area (Å²) in [6, 6.07) is 17.5. The van der Waals surface area contributed by atoms with Gasteiger partial charge in [-0.05, 0) is 48.6 Å². The van der Waals surface area contributed by atoms with Gasteiger partial charge in [-0.1, -0.05) is 48.5 Å². The van der Waals surface area contributed by atoms with E-state index in [1.165, 1.54) is 22.3 Å². The van der Waals surface area contributed by atoms with Gasteiger partial charge in [-0.25, -0.2) is 0 Å². The Hall–Kier alpha value is -2.13. The molecule has 0 N–H and O–H groups in total. The van der Waals surface area contributed by atoms with Crippen molar-refractivity contribution in [1.29, 1.82) is 0 Å². The third-order valence-electron chi connectivity index (χ3n) is 5.50. The Bertz CT molecular complexity index is 755. The zero-order valence-corrected chi connectivity index (χ0v) is 14.2. The summed E-state index contributed by atoms with van der Waals surface area (Å²) in [6.07, 6.45) is 3.21. The van der Waals surface area contributed by atoms with Crippen LogP contribution in [0.25, 0.3) is 0 Å². The van der Waals surface area contributed by atoms with Crippen LogP contribution in [0.15, 0.2) is 48.5 Å². The van der Waals surface area contributed by atoms with Crippen LogP contribution >= 0.6 is 0 Å². The van der Waals surface area contributed by atoms with Crippen LogP contribution in [-0.2, 0) is 24.2 Å². The number of hydrogen-bond acceptors (Lipinski definition) is 2. The molecule has 1 amide bonds.